The van der Waals surface area contributed by atoms with E-state index in [-0.39, 0.29) is 5.57 Å². The molecule has 2 heterocycles. The average Bonchev–Trinajstić information content (AvgIpc) is 2.73. The van der Waals surface area contributed by atoms with Crippen LogP contribution in [0.5, 0.6) is 0 Å². The van der Waals surface area contributed by atoms with Gasteiger partial charge in [0, 0.05) is 13.1 Å². The Kier molecular flexibility index (Phi) is 5.33. The maximum Gasteiger partial charge on any atom is 0.335 e. The second kappa shape index (κ2) is 8.08. The van der Waals surface area contributed by atoms with Crippen molar-refractivity contribution in [2.45, 2.75) is 6.92 Å². The molecule has 0 spiro atoms. The molecule has 30 heavy (non-hydrogen) atoms. The number of carbonyl (C=O) groups is 3. The Morgan fingerprint density at radius 3 is 2.47 bits per heavy atom. The van der Waals surface area contributed by atoms with Gasteiger partial charge in [0.05, 0.1) is 24.6 Å². The topological polar surface area (TPSA) is 79.0 Å². The molecular weight excluding hydrogens is 389 g/mol. The zero-order chi connectivity index (χ0) is 21.3. The van der Waals surface area contributed by atoms with Crippen molar-refractivity contribution in [2.24, 2.45) is 0 Å². The lowest BCUT2D eigenvalue weighted by Gasteiger charge is -2.29. The number of nitrogens with one attached hydrogen (secondary N) is 1. The fraction of sp³-hybridized carbons (Fsp3) is 0.227. The van der Waals surface area contributed by atoms with Crippen LogP contribution in [0.3, 0.4) is 0 Å². The number of amides is 4. The van der Waals surface area contributed by atoms with Crippen LogP contribution in [0.15, 0.2) is 48.0 Å². The molecule has 1 N–H and O–H groups in total. The van der Waals surface area contributed by atoms with Crippen LogP contribution in [0, 0.1) is 12.7 Å². The molecule has 2 aromatic carbocycles. The third-order valence-electron chi connectivity index (χ3n) is 5.09. The molecule has 4 rings (SSSR count). The van der Waals surface area contributed by atoms with E-state index in [2.05, 4.69) is 5.32 Å². The van der Waals surface area contributed by atoms with Gasteiger partial charge in [0.2, 0.25) is 0 Å². The lowest BCUT2D eigenvalue weighted by molar-refractivity contribution is -0.122. The number of benzene rings is 2. The molecule has 2 aliphatic rings. The monoisotopic (exact) mass is 409 g/mol. The first-order valence-electron chi connectivity index (χ1n) is 9.55. The van der Waals surface area contributed by atoms with Crippen molar-refractivity contribution in [1.82, 2.24) is 5.32 Å². The first-order chi connectivity index (χ1) is 14.5. The molecule has 2 aliphatic heterocycles. The van der Waals surface area contributed by atoms with E-state index >= 15 is 0 Å². The summed E-state index contributed by atoms with van der Waals surface area (Å²) in [5, 5.41) is 2.18. The van der Waals surface area contributed by atoms with Crippen LogP contribution in [0.1, 0.15) is 11.1 Å². The van der Waals surface area contributed by atoms with Gasteiger partial charge in [-0.15, -0.1) is 0 Å². The molecule has 0 aromatic heterocycles. The predicted octanol–water partition coefficient (Wildman–Crippen LogP) is 2.64. The number of morpholine rings is 1. The van der Waals surface area contributed by atoms with E-state index in [1.807, 2.05) is 4.90 Å². The Labute approximate surface area is 172 Å². The number of hydrogen-bond acceptors (Lipinski definition) is 5. The summed E-state index contributed by atoms with van der Waals surface area (Å²) in [6.07, 6.45) is 1.29. The summed E-state index contributed by atoms with van der Waals surface area (Å²) in [5.74, 6) is -2.02. The summed E-state index contributed by atoms with van der Waals surface area (Å²) in [6.45, 7) is 4.00. The molecule has 0 saturated carbocycles. The van der Waals surface area contributed by atoms with Gasteiger partial charge in [-0.05, 0) is 42.3 Å². The number of urea groups is 1. The Balaban J connectivity index is 1.66. The Bertz CT molecular complexity index is 1060. The molecule has 0 bridgehead atoms. The average molecular weight is 409 g/mol. The van der Waals surface area contributed by atoms with Gasteiger partial charge in [-0.3, -0.25) is 14.9 Å². The van der Waals surface area contributed by atoms with Crippen molar-refractivity contribution in [1.29, 1.82) is 0 Å². The summed E-state index contributed by atoms with van der Waals surface area (Å²) in [5.41, 5.74) is 1.64. The lowest BCUT2D eigenvalue weighted by atomic mass is 10.0. The zero-order valence-corrected chi connectivity index (χ0v) is 16.4. The second-order valence-electron chi connectivity index (χ2n) is 7.05. The first kappa shape index (κ1) is 19.8. The normalized spacial score (nSPS) is 18.7. The van der Waals surface area contributed by atoms with Crippen LogP contribution >= 0.6 is 0 Å². The van der Waals surface area contributed by atoms with Gasteiger partial charge in [-0.25, -0.2) is 14.1 Å². The quantitative estimate of drug-likeness (QED) is 0.623. The maximum absolute atomic E-state index is 14.7. The van der Waals surface area contributed by atoms with Gasteiger partial charge < -0.3 is 9.64 Å². The largest absolute Gasteiger partial charge is 0.378 e. The van der Waals surface area contributed by atoms with Crippen LogP contribution < -0.4 is 15.1 Å². The molecule has 4 amide bonds. The minimum atomic E-state index is -0.815. The molecule has 0 unspecified atom stereocenters. The van der Waals surface area contributed by atoms with Gasteiger partial charge in [0.25, 0.3) is 11.8 Å². The number of aryl methyl sites for hydroxylation is 1. The van der Waals surface area contributed by atoms with Gasteiger partial charge in [0.1, 0.15) is 11.4 Å². The highest BCUT2D eigenvalue weighted by molar-refractivity contribution is 6.39. The molecule has 2 aromatic rings. The Morgan fingerprint density at radius 2 is 1.77 bits per heavy atom. The van der Waals surface area contributed by atoms with Gasteiger partial charge in [-0.2, -0.15) is 0 Å². The van der Waals surface area contributed by atoms with Crippen molar-refractivity contribution >= 4 is 35.3 Å². The van der Waals surface area contributed by atoms with E-state index in [0.29, 0.717) is 48.8 Å². The number of imide groups is 2. The molecule has 2 saturated heterocycles. The van der Waals surface area contributed by atoms with Crippen molar-refractivity contribution in [2.75, 3.05) is 36.1 Å². The Morgan fingerprint density at radius 1 is 1.03 bits per heavy atom. The molecule has 2 fully saturated rings. The number of hydrogen-bond donors (Lipinski definition) is 1. The van der Waals surface area contributed by atoms with Crippen molar-refractivity contribution in [3.63, 3.8) is 0 Å². The van der Waals surface area contributed by atoms with Crippen molar-refractivity contribution in [3.8, 4) is 0 Å². The number of carbonyl (C=O) groups excluding carboxylic acids is 3. The molecule has 0 atom stereocenters. The predicted molar refractivity (Wildman–Crippen MR) is 110 cm³/mol. The second-order valence-corrected chi connectivity index (χ2v) is 7.05. The SMILES string of the molecule is Cc1ccccc1N1C(=O)NC(=O)/C(=C\c2ccc(N3CCOCC3)c(F)c2)C1=O. The summed E-state index contributed by atoms with van der Waals surface area (Å²) in [7, 11) is 0. The molecule has 154 valence electrons. The van der Waals surface area contributed by atoms with Gasteiger partial charge >= 0.3 is 6.03 Å². The minimum absolute atomic E-state index is 0.239. The van der Waals surface area contributed by atoms with E-state index in [1.54, 1.807) is 43.3 Å². The number of ether oxygens (including phenoxy) is 1. The zero-order valence-electron chi connectivity index (χ0n) is 16.4. The first-order valence-corrected chi connectivity index (χ1v) is 9.55. The fourth-order valence-corrected chi connectivity index (χ4v) is 3.53. The van der Waals surface area contributed by atoms with Crippen LogP contribution in [-0.2, 0) is 14.3 Å². The highest BCUT2D eigenvalue weighted by atomic mass is 19.1. The van der Waals surface area contributed by atoms with Gasteiger partial charge in [-0.1, -0.05) is 24.3 Å². The summed E-state index contributed by atoms with van der Waals surface area (Å²) >= 11 is 0. The van der Waals surface area contributed by atoms with E-state index in [4.69, 9.17) is 4.74 Å². The van der Waals surface area contributed by atoms with Crippen LogP contribution in [0.25, 0.3) is 6.08 Å². The standard InChI is InChI=1S/C22H20FN3O4/c1-14-4-2-3-5-18(14)26-21(28)16(20(27)24-22(26)29)12-15-6-7-19(17(23)13-15)25-8-10-30-11-9-25/h2-7,12-13H,8-11H2,1H3,(H,24,27,29)/b16-12+. The van der Waals surface area contributed by atoms with E-state index in [1.165, 1.54) is 12.1 Å². The highest BCUT2D eigenvalue weighted by Gasteiger charge is 2.37. The third kappa shape index (κ3) is 3.69. The lowest BCUT2D eigenvalue weighted by Crippen LogP contribution is -2.54. The van der Waals surface area contributed by atoms with E-state index < -0.39 is 23.7 Å². The summed E-state index contributed by atoms with van der Waals surface area (Å²) in [6, 6.07) is 10.6. The molecular formula is C22H20FN3O4. The van der Waals surface area contributed by atoms with Crippen LogP contribution in [-0.4, -0.2) is 44.1 Å². The number of halogens is 1. The van der Waals surface area contributed by atoms with E-state index in [0.717, 1.165) is 4.90 Å². The van der Waals surface area contributed by atoms with Crippen LogP contribution in [0.4, 0.5) is 20.6 Å². The third-order valence-corrected chi connectivity index (χ3v) is 5.09. The molecule has 0 radical (unpaired) electrons. The number of rotatable bonds is 3. The minimum Gasteiger partial charge on any atom is -0.378 e. The molecule has 0 aliphatic carbocycles. The number of para-hydroxylation sites is 1. The summed E-state index contributed by atoms with van der Waals surface area (Å²) in [4.78, 5) is 40.4. The Hall–Kier alpha value is -3.52. The molecule has 8 heteroatoms. The summed E-state index contributed by atoms with van der Waals surface area (Å²) < 4.78 is 20.0. The number of anilines is 2. The number of nitrogens with zero attached hydrogens (tertiary/aromatic N) is 2. The highest BCUT2D eigenvalue weighted by Crippen LogP contribution is 2.26. The number of barbiturate groups is 1. The van der Waals surface area contributed by atoms with Crippen LogP contribution in [0.2, 0.25) is 0 Å². The van der Waals surface area contributed by atoms with Crippen molar-refractivity contribution in [3.05, 3.63) is 65.0 Å². The molecule has 7 nitrogen and oxygen atoms in total. The van der Waals surface area contributed by atoms with E-state index in [9.17, 15) is 18.8 Å². The van der Waals surface area contributed by atoms with Gasteiger partial charge in [0.15, 0.2) is 0 Å². The smallest absolute Gasteiger partial charge is 0.335 e. The fourth-order valence-electron chi connectivity index (χ4n) is 3.53. The van der Waals surface area contributed by atoms with Crippen molar-refractivity contribution < 1.29 is 23.5 Å². The maximum atomic E-state index is 14.7.